The van der Waals surface area contributed by atoms with Crippen molar-refractivity contribution in [3.8, 4) is 0 Å². The molecule has 1 fully saturated rings. The molecule has 1 saturated heterocycles. The van der Waals surface area contributed by atoms with Gasteiger partial charge in [0.05, 0.1) is 26.1 Å². The number of amidine groups is 1. The van der Waals surface area contributed by atoms with E-state index in [9.17, 15) is 9.59 Å². The maximum Gasteiger partial charge on any atom is 0.332 e. The van der Waals surface area contributed by atoms with Crippen LogP contribution < -0.4 is 11.2 Å². The van der Waals surface area contributed by atoms with Crippen LogP contribution >= 0.6 is 0 Å². The molecule has 0 bridgehead atoms. The highest BCUT2D eigenvalue weighted by Crippen LogP contribution is 2.07. The summed E-state index contributed by atoms with van der Waals surface area (Å²) in [6, 6.07) is 0. The Hall–Kier alpha value is -2.42. The highest BCUT2D eigenvalue weighted by atomic mass is 16.5. The van der Waals surface area contributed by atoms with Crippen LogP contribution in [0, 0.1) is 5.41 Å². The number of nitrogens with one attached hydrogen (secondary N) is 1. The molecule has 9 nitrogen and oxygen atoms in total. The van der Waals surface area contributed by atoms with Crippen LogP contribution in [0.3, 0.4) is 0 Å². The van der Waals surface area contributed by atoms with Crippen molar-refractivity contribution in [3.05, 3.63) is 27.2 Å². The van der Waals surface area contributed by atoms with Crippen LogP contribution in [0.1, 0.15) is 0 Å². The molecule has 0 saturated carbocycles. The predicted octanol–water partition coefficient (Wildman–Crippen LogP) is -1.26. The summed E-state index contributed by atoms with van der Waals surface area (Å²) in [6.07, 6.45) is 1.50. The van der Waals surface area contributed by atoms with E-state index in [1.54, 1.807) is 11.6 Å². The van der Waals surface area contributed by atoms with Crippen molar-refractivity contribution in [2.45, 2.75) is 6.54 Å². The van der Waals surface area contributed by atoms with Gasteiger partial charge in [0.15, 0.2) is 11.2 Å². The first-order valence-corrected chi connectivity index (χ1v) is 7.01. The summed E-state index contributed by atoms with van der Waals surface area (Å²) in [4.78, 5) is 30.3. The lowest BCUT2D eigenvalue weighted by atomic mass is 10.3. The number of aromatic nitrogens is 4. The topological polar surface area (TPSA) is 98.1 Å². The molecule has 0 aromatic carbocycles. The third-order valence-corrected chi connectivity index (χ3v) is 3.93. The summed E-state index contributed by atoms with van der Waals surface area (Å²) in [5.41, 5.74) is -0.137. The van der Waals surface area contributed by atoms with Crippen molar-refractivity contribution in [2.24, 2.45) is 14.1 Å². The van der Waals surface area contributed by atoms with Gasteiger partial charge in [-0.2, -0.15) is 0 Å². The zero-order valence-electron chi connectivity index (χ0n) is 12.6. The third kappa shape index (κ3) is 2.23. The SMILES string of the molecule is Cn1c(=O)c2c(ncn2CC(=N)N2CCOCC2)n(C)c1=O. The zero-order chi connectivity index (χ0) is 15.9. The van der Waals surface area contributed by atoms with Gasteiger partial charge in [0.25, 0.3) is 5.56 Å². The van der Waals surface area contributed by atoms with Crippen LogP contribution in [0.2, 0.25) is 0 Å². The largest absolute Gasteiger partial charge is 0.378 e. The normalized spacial score (nSPS) is 15.5. The van der Waals surface area contributed by atoms with E-state index in [-0.39, 0.29) is 6.54 Å². The summed E-state index contributed by atoms with van der Waals surface area (Å²) in [5, 5.41) is 8.20. The Labute approximate surface area is 125 Å². The highest BCUT2D eigenvalue weighted by molar-refractivity contribution is 5.81. The minimum atomic E-state index is -0.411. The van der Waals surface area contributed by atoms with Gasteiger partial charge in [-0.05, 0) is 0 Å². The van der Waals surface area contributed by atoms with Crippen LogP contribution in [0.4, 0.5) is 0 Å². The molecule has 22 heavy (non-hydrogen) atoms. The van der Waals surface area contributed by atoms with E-state index >= 15 is 0 Å². The Morgan fingerprint density at radius 1 is 1.27 bits per heavy atom. The van der Waals surface area contributed by atoms with Crippen LogP contribution in [0.15, 0.2) is 15.9 Å². The molecule has 0 amide bonds. The lowest BCUT2D eigenvalue weighted by molar-refractivity contribution is 0.0666. The summed E-state index contributed by atoms with van der Waals surface area (Å²) in [5.74, 6) is 0.401. The van der Waals surface area contributed by atoms with Crippen molar-refractivity contribution in [2.75, 3.05) is 26.3 Å². The van der Waals surface area contributed by atoms with Crippen molar-refractivity contribution < 1.29 is 4.74 Å². The molecule has 1 aliphatic heterocycles. The average Bonchev–Trinajstić information content (AvgIpc) is 2.95. The molecule has 3 heterocycles. The van der Waals surface area contributed by atoms with Gasteiger partial charge < -0.3 is 14.2 Å². The highest BCUT2D eigenvalue weighted by Gasteiger charge is 2.18. The fraction of sp³-hybridized carbons (Fsp3) is 0.538. The number of morpholine rings is 1. The number of ether oxygens (including phenoxy) is 1. The lowest BCUT2D eigenvalue weighted by Gasteiger charge is -2.29. The van der Waals surface area contributed by atoms with Crippen molar-refractivity contribution >= 4 is 17.0 Å². The minimum Gasteiger partial charge on any atom is -0.378 e. The Balaban J connectivity index is 2.00. The first-order chi connectivity index (χ1) is 10.5. The fourth-order valence-electron chi connectivity index (χ4n) is 2.61. The molecule has 2 aromatic rings. The van der Waals surface area contributed by atoms with Crippen molar-refractivity contribution in [1.29, 1.82) is 5.41 Å². The van der Waals surface area contributed by atoms with E-state index in [0.29, 0.717) is 43.3 Å². The molecule has 1 N–H and O–H groups in total. The van der Waals surface area contributed by atoms with Gasteiger partial charge >= 0.3 is 5.69 Å². The average molecular weight is 306 g/mol. The van der Waals surface area contributed by atoms with Crippen molar-refractivity contribution in [3.63, 3.8) is 0 Å². The fourth-order valence-corrected chi connectivity index (χ4v) is 2.61. The molecule has 0 aliphatic carbocycles. The van der Waals surface area contributed by atoms with Crippen LogP contribution in [0.25, 0.3) is 11.2 Å². The van der Waals surface area contributed by atoms with E-state index in [1.807, 2.05) is 4.90 Å². The van der Waals surface area contributed by atoms with E-state index in [4.69, 9.17) is 10.1 Å². The number of hydrogen-bond acceptors (Lipinski definition) is 5. The number of aryl methyl sites for hydroxylation is 1. The standard InChI is InChI=1S/C13H18N6O3/c1-16-11-10(12(20)17(2)13(16)21)19(8-15-11)7-9(14)18-3-5-22-6-4-18/h8,14H,3-7H2,1-2H3. The first-order valence-electron chi connectivity index (χ1n) is 7.01. The van der Waals surface area contributed by atoms with Gasteiger partial charge in [0.2, 0.25) is 0 Å². The van der Waals surface area contributed by atoms with Gasteiger partial charge in [0, 0.05) is 27.2 Å². The molecule has 0 unspecified atom stereocenters. The lowest BCUT2D eigenvalue weighted by Crippen LogP contribution is -2.42. The molecule has 2 aromatic heterocycles. The van der Waals surface area contributed by atoms with E-state index < -0.39 is 11.2 Å². The number of fused-ring (bicyclic) bond motifs is 1. The van der Waals surface area contributed by atoms with Gasteiger partial charge in [-0.15, -0.1) is 0 Å². The van der Waals surface area contributed by atoms with Crippen molar-refractivity contribution in [1.82, 2.24) is 23.6 Å². The molecule has 0 radical (unpaired) electrons. The van der Waals surface area contributed by atoms with Gasteiger partial charge in [-0.1, -0.05) is 0 Å². The van der Waals surface area contributed by atoms with Gasteiger partial charge in [0.1, 0.15) is 5.84 Å². The third-order valence-electron chi connectivity index (χ3n) is 3.93. The maximum absolute atomic E-state index is 12.3. The van der Waals surface area contributed by atoms with Gasteiger partial charge in [-0.3, -0.25) is 19.3 Å². The molecule has 118 valence electrons. The molecule has 1 aliphatic rings. The number of nitrogens with zero attached hydrogens (tertiary/aromatic N) is 5. The molecular formula is C13H18N6O3. The Bertz CT molecular complexity index is 840. The summed E-state index contributed by atoms with van der Waals surface area (Å²) >= 11 is 0. The second-order valence-corrected chi connectivity index (χ2v) is 5.30. The van der Waals surface area contributed by atoms with Crippen LogP contribution in [-0.2, 0) is 25.4 Å². The quantitative estimate of drug-likeness (QED) is 0.552. The molecular weight excluding hydrogens is 288 g/mol. The molecule has 0 atom stereocenters. The molecule has 9 heteroatoms. The number of hydrogen-bond donors (Lipinski definition) is 1. The van der Waals surface area contributed by atoms with E-state index in [0.717, 1.165) is 4.57 Å². The summed E-state index contributed by atoms with van der Waals surface area (Å²) < 4.78 is 9.28. The maximum atomic E-state index is 12.3. The van der Waals surface area contributed by atoms with Crippen LogP contribution in [0.5, 0.6) is 0 Å². The Kier molecular flexibility index (Phi) is 3.57. The van der Waals surface area contributed by atoms with Crippen LogP contribution in [-0.4, -0.2) is 55.7 Å². The Morgan fingerprint density at radius 2 is 1.95 bits per heavy atom. The first kappa shape index (κ1) is 14.5. The molecule has 3 rings (SSSR count). The summed E-state index contributed by atoms with van der Waals surface area (Å²) in [6.45, 7) is 2.78. The summed E-state index contributed by atoms with van der Waals surface area (Å²) in [7, 11) is 3.02. The second-order valence-electron chi connectivity index (χ2n) is 5.30. The minimum absolute atomic E-state index is 0.240. The monoisotopic (exact) mass is 306 g/mol. The zero-order valence-corrected chi connectivity index (χ0v) is 12.6. The van der Waals surface area contributed by atoms with Gasteiger partial charge in [-0.25, -0.2) is 9.78 Å². The predicted molar refractivity (Wildman–Crippen MR) is 80.3 cm³/mol. The second kappa shape index (κ2) is 5.41. The number of imidazole rings is 1. The van der Waals surface area contributed by atoms with E-state index in [2.05, 4.69) is 4.98 Å². The smallest absolute Gasteiger partial charge is 0.332 e. The molecule has 0 spiro atoms. The number of rotatable bonds is 2. The Morgan fingerprint density at radius 3 is 2.64 bits per heavy atom. The van der Waals surface area contributed by atoms with E-state index in [1.165, 1.54) is 17.9 Å².